The maximum Gasteiger partial charge on any atom is 0.221 e. The van der Waals surface area contributed by atoms with Crippen LogP contribution in [-0.4, -0.2) is 23.7 Å². The molecular formula is C2H7AlO2. The van der Waals surface area contributed by atoms with Crippen molar-refractivity contribution in [1.29, 1.82) is 0 Å². The number of rotatable bonds is 0. The van der Waals surface area contributed by atoms with Crippen molar-refractivity contribution in [2.45, 2.75) is 13.2 Å². The Morgan fingerprint density at radius 2 is 1.60 bits per heavy atom. The molecule has 1 saturated heterocycles. The molecule has 0 spiro atoms. The largest absolute Gasteiger partial charge is 0.221 e. The van der Waals surface area contributed by atoms with Gasteiger partial charge in [-0.25, -0.2) is 0 Å². The van der Waals surface area contributed by atoms with Gasteiger partial charge >= 0.3 is 0 Å². The van der Waals surface area contributed by atoms with Crippen LogP contribution in [0.15, 0.2) is 0 Å². The highest BCUT2D eigenvalue weighted by atomic mass is 27.0. The molecule has 0 atom stereocenters. The molecule has 1 aliphatic rings. The van der Waals surface area contributed by atoms with Gasteiger partial charge in [-0.2, -0.15) is 9.78 Å². The minimum Gasteiger partial charge on any atom is -0.199 e. The highest BCUT2D eigenvalue weighted by Crippen LogP contribution is 2.07. The van der Waals surface area contributed by atoms with E-state index in [2.05, 4.69) is 9.78 Å². The maximum atomic E-state index is 4.21. The quantitative estimate of drug-likeness (QED) is 0.219. The molecule has 5 heavy (non-hydrogen) atoms. The van der Waals surface area contributed by atoms with Gasteiger partial charge in [0.05, 0.1) is 0 Å². The Labute approximate surface area is 41.1 Å². The maximum absolute atomic E-state index is 4.21. The molecule has 1 aliphatic heterocycles. The summed E-state index contributed by atoms with van der Waals surface area (Å²) >= 11 is 0. The van der Waals surface area contributed by atoms with Gasteiger partial charge in [-0.3, -0.25) is 0 Å². The molecule has 0 saturated carbocycles. The molecule has 0 aliphatic carbocycles. The topological polar surface area (TPSA) is 25.1 Å². The lowest BCUT2D eigenvalue weighted by molar-refractivity contribution is 0.0850. The summed E-state index contributed by atoms with van der Waals surface area (Å²) < 4.78 is 0. The smallest absolute Gasteiger partial charge is 0.199 e. The Bertz CT molecular complexity index is 26.8. The Morgan fingerprint density at radius 3 is 1.60 bits per heavy atom. The van der Waals surface area contributed by atoms with Crippen molar-refractivity contribution in [2.24, 2.45) is 0 Å². The van der Waals surface area contributed by atoms with Crippen molar-refractivity contribution in [1.82, 2.24) is 0 Å². The van der Waals surface area contributed by atoms with Crippen LogP contribution in [0.2, 0.25) is 0 Å². The second-order valence-corrected chi connectivity index (χ2v) is 0.760. The van der Waals surface area contributed by atoms with Gasteiger partial charge in [-0.05, 0) is 6.92 Å². The van der Waals surface area contributed by atoms with Crippen LogP contribution in [0.1, 0.15) is 6.92 Å². The standard InChI is InChI=1S/C2H4O2.Al.3H/c1-2-3-4-2;;;;/h2H,1H3;;;;. The third-order valence-electron chi connectivity index (χ3n) is 0.289. The van der Waals surface area contributed by atoms with Gasteiger partial charge < -0.3 is 0 Å². The summed E-state index contributed by atoms with van der Waals surface area (Å²) in [5.74, 6) is 0. The predicted octanol–water partition coefficient (Wildman–Crippen LogP) is -0.890. The second-order valence-electron chi connectivity index (χ2n) is 0.760. The van der Waals surface area contributed by atoms with Gasteiger partial charge in [0.25, 0.3) is 0 Å². The zero-order valence-electron chi connectivity index (χ0n) is 2.39. The van der Waals surface area contributed by atoms with E-state index in [9.17, 15) is 0 Å². The molecule has 0 N–H and O–H groups in total. The normalized spacial score (nSPS) is 21.0. The lowest BCUT2D eigenvalue weighted by atomic mass is 10.8. The van der Waals surface area contributed by atoms with Crippen molar-refractivity contribution in [3.05, 3.63) is 0 Å². The third-order valence-corrected chi connectivity index (χ3v) is 0.289. The predicted molar refractivity (Wildman–Crippen MR) is 21.6 cm³/mol. The summed E-state index contributed by atoms with van der Waals surface area (Å²) in [5.41, 5.74) is 0. The van der Waals surface area contributed by atoms with Crippen LogP contribution in [-0.2, 0) is 9.78 Å². The van der Waals surface area contributed by atoms with E-state index in [0.717, 1.165) is 0 Å². The summed E-state index contributed by atoms with van der Waals surface area (Å²) in [6, 6.07) is 0. The fourth-order valence-electron chi connectivity index (χ4n) is 0.0556. The monoisotopic (exact) mass is 90.0 g/mol. The summed E-state index contributed by atoms with van der Waals surface area (Å²) in [4.78, 5) is 8.42. The SMILES string of the molecule is CC1OO1.[AlH3]. The Morgan fingerprint density at radius 1 is 1.40 bits per heavy atom. The van der Waals surface area contributed by atoms with Gasteiger partial charge in [0.2, 0.25) is 6.29 Å². The van der Waals surface area contributed by atoms with E-state index in [1.165, 1.54) is 0 Å². The van der Waals surface area contributed by atoms with E-state index in [1.807, 2.05) is 6.92 Å². The fraction of sp³-hybridized carbons (Fsp3) is 1.00. The molecule has 1 rings (SSSR count). The molecule has 1 heterocycles. The molecule has 30 valence electrons. The summed E-state index contributed by atoms with van der Waals surface area (Å²) in [5, 5.41) is 0. The van der Waals surface area contributed by atoms with E-state index in [1.54, 1.807) is 0 Å². The first-order valence-electron chi connectivity index (χ1n) is 1.22. The van der Waals surface area contributed by atoms with Crippen molar-refractivity contribution < 1.29 is 9.78 Å². The second kappa shape index (κ2) is 1.79. The van der Waals surface area contributed by atoms with Crippen LogP contribution in [0.5, 0.6) is 0 Å². The van der Waals surface area contributed by atoms with E-state index >= 15 is 0 Å². The van der Waals surface area contributed by atoms with Crippen molar-refractivity contribution in [3.8, 4) is 0 Å². The molecule has 0 radical (unpaired) electrons. The zero-order valence-corrected chi connectivity index (χ0v) is 2.39. The Kier molecular flexibility index (Phi) is 1.95. The molecule has 2 nitrogen and oxygen atoms in total. The van der Waals surface area contributed by atoms with Gasteiger partial charge in [-0.1, -0.05) is 0 Å². The van der Waals surface area contributed by atoms with Gasteiger partial charge in [0, 0.05) is 0 Å². The minimum absolute atomic E-state index is 0. The first-order valence-corrected chi connectivity index (χ1v) is 1.22. The summed E-state index contributed by atoms with van der Waals surface area (Å²) in [7, 11) is 0. The van der Waals surface area contributed by atoms with E-state index in [0.29, 0.717) is 0 Å². The van der Waals surface area contributed by atoms with Crippen LogP contribution in [0.3, 0.4) is 0 Å². The van der Waals surface area contributed by atoms with Crippen LogP contribution < -0.4 is 0 Å². The molecule has 3 heteroatoms. The minimum atomic E-state index is 0. The van der Waals surface area contributed by atoms with Crippen LogP contribution in [0.4, 0.5) is 0 Å². The fourth-order valence-corrected chi connectivity index (χ4v) is 0.0556. The van der Waals surface area contributed by atoms with E-state index in [-0.39, 0.29) is 23.7 Å². The highest BCUT2D eigenvalue weighted by molar-refractivity contribution is 5.75. The number of hydrogen-bond acceptors (Lipinski definition) is 2. The first kappa shape index (κ1) is 5.45. The third kappa shape index (κ3) is 2.25. The molecule has 0 bridgehead atoms. The van der Waals surface area contributed by atoms with Gasteiger partial charge in [0.1, 0.15) is 0 Å². The molecule has 0 aromatic rings. The van der Waals surface area contributed by atoms with Crippen LogP contribution in [0, 0.1) is 0 Å². The lowest BCUT2D eigenvalue weighted by Gasteiger charge is -1.40. The van der Waals surface area contributed by atoms with Gasteiger partial charge in [-0.15, -0.1) is 0 Å². The molecule has 1 fully saturated rings. The highest BCUT2D eigenvalue weighted by Gasteiger charge is 2.16. The zero-order chi connectivity index (χ0) is 2.99. The van der Waals surface area contributed by atoms with Crippen molar-refractivity contribution in [3.63, 3.8) is 0 Å². The van der Waals surface area contributed by atoms with Crippen molar-refractivity contribution >= 4 is 17.4 Å². The van der Waals surface area contributed by atoms with Crippen molar-refractivity contribution in [2.75, 3.05) is 0 Å². The lowest BCUT2D eigenvalue weighted by Crippen LogP contribution is -1.58. The number of hydrogen-bond donors (Lipinski definition) is 0. The van der Waals surface area contributed by atoms with E-state index in [4.69, 9.17) is 0 Å². The molecule has 0 aromatic heterocycles. The molecule has 0 unspecified atom stereocenters. The molecule has 0 aromatic carbocycles. The van der Waals surface area contributed by atoms with Gasteiger partial charge in [0.15, 0.2) is 17.4 Å². The summed E-state index contributed by atoms with van der Waals surface area (Å²) in [6.07, 6.45) is 0.0833. The first-order chi connectivity index (χ1) is 1.89. The van der Waals surface area contributed by atoms with Crippen LogP contribution in [0.25, 0.3) is 0 Å². The average molecular weight is 90.1 g/mol. The Balaban J connectivity index is 0.000000160. The van der Waals surface area contributed by atoms with Crippen LogP contribution >= 0.6 is 0 Å². The molecule has 0 amide bonds. The summed E-state index contributed by atoms with van der Waals surface area (Å²) in [6.45, 7) is 1.83. The van der Waals surface area contributed by atoms with E-state index < -0.39 is 0 Å². The Hall–Kier alpha value is 0.452. The average Bonchev–Trinajstić information content (AvgIpc) is 1.75. The molecular weight excluding hydrogens is 83.0 g/mol.